The molecule has 3 aromatic rings. The summed E-state index contributed by atoms with van der Waals surface area (Å²) in [6.45, 7) is 1.02. The summed E-state index contributed by atoms with van der Waals surface area (Å²) in [5, 5.41) is 7.63. The van der Waals surface area contributed by atoms with Crippen LogP contribution in [-0.4, -0.2) is 66.2 Å². The third-order valence-corrected chi connectivity index (χ3v) is 8.36. The largest absolute Gasteiger partial charge is 0.334 e. The normalized spacial score (nSPS) is 17.7. The molecule has 0 radical (unpaired) electrons. The molecule has 13 heteroatoms. The van der Waals surface area contributed by atoms with Crippen LogP contribution in [0.1, 0.15) is 24.2 Å². The van der Waals surface area contributed by atoms with Gasteiger partial charge in [0, 0.05) is 53.0 Å². The number of carbonyl (C=O) groups excluding carboxylic acids is 1. The van der Waals surface area contributed by atoms with Gasteiger partial charge in [-0.05, 0) is 49.2 Å². The van der Waals surface area contributed by atoms with E-state index in [1.54, 1.807) is 24.3 Å². The summed E-state index contributed by atoms with van der Waals surface area (Å²) in [5.74, 6) is 0.341. The van der Waals surface area contributed by atoms with Crippen molar-refractivity contribution in [3.8, 4) is 11.5 Å². The maximum Gasteiger partial charge on any atom is 0.321 e. The van der Waals surface area contributed by atoms with Crippen molar-refractivity contribution < 1.29 is 22.1 Å². The lowest BCUT2D eigenvalue weighted by molar-refractivity contribution is 0.184. The van der Waals surface area contributed by atoms with Crippen molar-refractivity contribution in [3.63, 3.8) is 0 Å². The number of amides is 2. The van der Waals surface area contributed by atoms with Crippen LogP contribution in [0, 0.1) is 5.82 Å². The van der Waals surface area contributed by atoms with Gasteiger partial charge in [-0.3, -0.25) is 0 Å². The Kier molecular flexibility index (Phi) is 6.44. The van der Waals surface area contributed by atoms with Crippen LogP contribution in [0.5, 0.6) is 0 Å². The van der Waals surface area contributed by atoms with E-state index in [0.29, 0.717) is 45.5 Å². The standard InChI is InChI=1S/C23H22Cl2FN5O4S/c1-36(33,34)31-10-8-30(9-11-31)22(32)27-16-12-17(24)19(18(25)13-16)23(6-7-23)21-28-20(35-29-21)14-2-4-15(26)5-3-14/h2-5,12-13H,6-11H2,1H3,(H,27,32). The van der Waals surface area contributed by atoms with Crippen LogP contribution in [0.25, 0.3) is 11.5 Å². The van der Waals surface area contributed by atoms with Gasteiger partial charge in [-0.25, -0.2) is 17.6 Å². The Hall–Kier alpha value is -2.73. The molecular weight excluding hydrogens is 532 g/mol. The smallest absolute Gasteiger partial charge is 0.321 e. The first-order valence-corrected chi connectivity index (χ1v) is 13.8. The number of nitrogens with zero attached hydrogens (tertiary/aromatic N) is 4. The molecule has 5 rings (SSSR count). The number of aromatic nitrogens is 2. The molecule has 2 heterocycles. The van der Waals surface area contributed by atoms with Crippen LogP contribution < -0.4 is 5.32 Å². The number of piperazine rings is 1. The van der Waals surface area contributed by atoms with Gasteiger partial charge in [0.2, 0.25) is 10.0 Å². The van der Waals surface area contributed by atoms with Crippen LogP contribution in [-0.2, 0) is 15.4 Å². The van der Waals surface area contributed by atoms with E-state index in [9.17, 15) is 17.6 Å². The summed E-state index contributed by atoms with van der Waals surface area (Å²) in [7, 11) is -3.29. The second kappa shape index (κ2) is 9.29. The molecule has 1 aromatic heterocycles. The maximum atomic E-state index is 13.2. The number of hydrogen-bond acceptors (Lipinski definition) is 6. The topological polar surface area (TPSA) is 109 Å². The summed E-state index contributed by atoms with van der Waals surface area (Å²) >= 11 is 13.3. The zero-order valence-corrected chi connectivity index (χ0v) is 21.5. The van der Waals surface area contributed by atoms with Crippen molar-refractivity contribution in [3.05, 3.63) is 63.6 Å². The molecule has 190 valence electrons. The zero-order valence-electron chi connectivity index (χ0n) is 19.2. The van der Waals surface area contributed by atoms with E-state index in [0.717, 1.165) is 6.26 Å². The number of benzene rings is 2. The highest BCUT2D eigenvalue weighted by atomic mass is 35.5. The Morgan fingerprint density at radius 1 is 1.08 bits per heavy atom. The number of anilines is 1. The van der Waals surface area contributed by atoms with Gasteiger partial charge in [0.1, 0.15) is 5.82 Å². The highest BCUT2D eigenvalue weighted by Gasteiger charge is 2.52. The lowest BCUT2D eigenvalue weighted by atomic mass is 9.94. The summed E-state index contributed by atoms with van der Waals surface area (Å²) in [6.07, 6.45) is 2.58. The quantitative estimate of drug-likeness (QED) is 0.502. The highest BCUT2D eigenvalue weighted by Crippen LogP contribution is 2.57. The predicted molar refractivity (Wildman–Crippen MR) is 133 cm³/mol. The molecule has 9 nitrogen and oxygen atoms in total. The molecule has 1 N–H and O–H groups in total. The molecule has 1 saturated heterocycles. The molecule has 0 unspecified atom stereocenters. The Bertz CT molecular complexity index is 1400. The minimum Gasteiger partial charge on any atom is -0.334 e. The molecule has 1 aliphatic carbocycles. The molecule has 1 saturated carbocycles. The summed E-state index contributed by atoms with van der Waals surface area (Å²) < 4.78 is 43.4. The molecule has 36 heavy (non-hydrogen) atoms. The average Bonchev–Trinajstić information content (AvgIpc) is 3.45. The molecule has 2 amide bonds. The number of rotatable bonds is 5. The van der Waals surface area contributed by atoms with Gasteiger partial charge in [-0.1, -0.05) is 28.4 Å². The Morgan fingerprint density at radius 3 is 2.25 bits per heavy atom. The summed E-state index contributed by atoms with van der Waals surface area (Å²) in [6, 6.07) is 8.63. The van der Waals surface area contributed by atoms with Crippen molar-refractivity contribution >= 4 is 44.9 Å². The van der Waals surface area contributed by atoms with Crippen molar-refractivity contribution in [1.29, 1.82) is 0 Å². The third-order valence-electron chi connectivity index (χ3n) is 6.46. The highest BCUT2D eigenvalue weighted by molar-refractivity contribution is 7.88. The summed E-state index contributed by atoms with van der Waals surface area (Å²) in [5.41, 5.74) is 1.05. The fraction of sp³-hybridized carbons (Fsp3) is 0.348. The molecular formula is C23H22Cl2FN5O4S. The van der Waals surface area contributed by atoms with E-state index < -0.39 is 15.4 Å². The van der Waals surface area contributed by atoms with Gasteiger partial charge in [-0.15, -0.1) is 0 Å². The number of nitrogens with one attached hydrogen (secondary N) is 1. The number of hydrogen-bond donors (Lipinski definition) is 1. The lowest BCUT2D eigenvalue weighted by Gasteiger charge is -2.33. The molecule has 0 atom stereocenters. The number of sulfonamides is 1. The van der Waals surface area contributed by atoms with Gasteiger partial charge in [0.15, 0.2) is 5.82 Å². The first kappa shape index (κ1) is 24.9. The van der Waals surface area contributed by atoms with Crippen molar-refractivity contribution in [2.45, 2.75) is 18.3 Å². The molecule has 2 aliphatic rings. The zero-order chi connectivity index (χ0) is 25.7. The number of carbonyl (C=O) groups is 1. The van der Waals surface area contributed by atoms with E-state index in [2.05, 4.69) is 15.5 Å². The minimum atomic E-state index is -3.29. The van der Waals surface area contributed by atoms with Gasteiger partial charge in [0.05, 0.1) is 11.7 Å². The first-order chi connectivity index (χ1) is 17.1. The first-order valence-electron chi connectivity index (χ1n) is 11.2. The van der Waals surface area contributed by atoms with Crippen molar-refractivity contribution in [2.75, 3.05) is 37.8 Å². The van der Waals surface area contributed by atoms with E-state index in [-0.39, 0.29) is 43.9 Å². The van der Waals surface area contributed by atoms with Crippen LogP contribution in [0.2, 0.25) is 10.0 Å². The van der Waals surface area contributed by atoms with Crippen molar-refractivity contribution in [2.24, 2.45) is 0 Å². The number of urea groups is 1. The fourth-order valence-electron chi connectivity index (χ4n) is 4.37. The summed E-state index contributed by atoms with van der Waals surface area (Å²) in [4.78, 5) is 18.8. The van der Waals surface area contributed by atoms with Crippen molar-refractivity contribution in [1.82, 2.24) is 19.3 Å². The van der Waals surface area contributed by atoms with E-state index in [1.807, 2.05) is 0 Å². The maximum absolute atomic E-state index is 13.2. The fourth-order valence-corrected chi connectivity index (χ4v) is 6.04. The molecule has 0 bridgehead atoms. The average molecular weight is 554 g/mol. The SMILES string of the molecule is CS(=O)(=O)N1CCN(C(=O)Nc2cc(Cl)c(C3(c4noc(-c5ccc(F)cc5)n4)CC3)c(Cl)c2)CC1. The van der Waals surface area contributed by atoms with Gasteiger partial charge in [-0.2, -0.15) is 9.29 Å². The monoisotopic (exact) mass is 553 g/mol. The number of halogens is 3. The molecule has 1 aliphatic heterocycles. The molecule has 2 fully saturated rings. The molecule has 0 spiro atoms. The second-order valence-electron chi connectivity index (χ2n) is 8.91. The lowest BCUT2D eigenvalue weighted by Crippen LogP contribution is -2.51. The van der Waals surface area contributed by atoms with Crippen LogP contribution in [0.3, 0.4) is 0 Å². The second-order valence-corrected chi connectivity index (χ2v) is 11.7. The Balaban J connectivity index is 1.32. The third kappa shape index (κ3) is 4.80. The predicted octanol–water partition coefficient (Wildman–Crippen LogP) is 4.37. The van der Waals surface area contributed by atoms with E-state index in [1.165, 1.54) is 21.3 Å². The van der Waals surface area contributed by atoms with E-state index >= 15 is 0 Å². The molecule has 2 aromatic carbocycles. The Morgan fingerprint density at radius 2 is 1.69 bits per heavy atom. The van der Waals surface area contributed by atoms with Gasteiger partial charge in [0.25, 0.3) is 5.89 Å². The Labute approximate surface area is 217 Å². The van der Waals surface area contributed by atoms with Crippen LogP contribution >= 0.6 is 23.2 Å². The minimum absolute atomic E-state index is 0.236. The van der Waals surface area contributed by atoms with Crippen LogP contribution in [0.15, 0.2) is 40.9 Å². The van der Waals surface area contributed by atoms with Gasteiger partial charge < -0.3 is 14.7 Å². The van der Waals surface area contributed by atoms with Gasteiger partial charge >= 0.3 is 6.03 Å². The van der Waals surface area contributed by atoms with E-state index in [4.69, 9.17) is 27.7 Å². The van der Waals surface area contributed by atoms with Crippen LogP contribution in [0.4, 0.5) is 14.9 Å².